The fourth-order valence-electron chi connectivity index (χ4n) is 5.98. The number of allylic oxidation sites excluding steroid dienone is 1. The van der Waals surface area contributed by atoms with Crippen LogP contribution < -0.4 is 9.62 Å². The summed E-state index contributed by atoms with van der Waals surface area (Å²) in [5.41, 5.74) is 7.04. The molecule has 6 rings (SSSR count). The number of hydrogen-bond donors (Lipinski definition) is 1. The Bertz CT molecular complexity index is 1620. The molecule has 4 heterocycles. The van der Waals surface area contributed by atoms with Gasteiger partial charge in [0.05, 0.1) is 10.6 Å². The molecule has 0 radical (unpaired) electrons. The molecule has 40 heavy (non-hydrogen) atoms. The summed E-state index contributed by atoms with van der Waals surface area (Å²) in [6.45, 7) is 17.4. The normalized spacial score (nSPS) is 19.9. The summed E-state index contributed by atoms with van der Waals surface area (Å²) in [4.78, 5) is 17.0. The molecular weight excluding hydrogens is 551 g/mol. The van der Waals surface area contributed by atoms with Gasteiger partial charge in [0, 0.05) is 41.0 Å². The van der Waals surface area contributed by atoms with Gasteiger partial charge in [0.2, 0.25) is 0 Å². The molecule has 5 nitrogen and oxygen atoms in total. The molecule has 1 aliphatic carbocycles. The predicted molar refractivity (Wildman–Crippen MR) is 177 cm³/mol. The molecule has 1 unspecified atom stereocenters. The highest BCUT2D eigenvalue weighted by atomic mass is 32.2. The van der Waals surface area contributed by atoms with Crippen LogP contribution in [0.15, 0.2) is 63.4 Å². The topological polar surface area (TPSA) is 44.3 Å². The Balaban J connectivity index is 1.33. The van der Waals surface area contributed by atoms with Gasteiger partial charge in [0.1, 0.15) is 10.8 Å². The first-order chi connectivity index (χ1) is 19.1. The van der Waals surface area contributed by atoms with Crippen LogP contribution in [0.5, 0.6) is 0 Å². The summed E-state index contributed by atoms with van der Waals surface area (Å²) < 4.78 is 4.42. The van der Waals surface area contributed by atoms with Crippen molar-refractivity contribution in [1.82, 2.24) is 19.6 Å². The predicted octanol–water partition coefficient (Wildman–Crippen LogP) is 7.77. The van der Waals surface area contributed by atoms with Crippen molar-refractivity contribution in [2.75, 3.05) is 18.5 Å². The standard InChI is InChI=1S/C32H39N5S3/c1-19-14-20(2)36(17-19)28-10-9-11-29(35-28)38-32-34-21(3)31(39-32)25-15-26-18-37(22(4)24-12-13-24)23(5)30(26)27(16-25)40(7,8)33-6/h9-11,15-16,19,22,24,33H,2,5,7-8,12-14,17-18H2,1,3-4,6H3/t19-,22?/m1/s1. The minimum absolute atomic E-state index is 0.502. The van der Waals surface area contributed by atoms with Gasteiger partial charge in [0.15, 0.2) is 4.34 Å². The van der Waals surface area contributed by atoms with Crippen molar-refractivity contribution in [3.05, 3.63) is 66.0 Å². The van der Waals surface area contributed by atoms with Crippen LogP contribution in [0, 0.1) is 18.8 Å². The lowest BCUT2D eigenvalue weighted by Gasteiger charge is -2.28. The quantitative estimate of drug-likeness (QED) is 0.271. The monoisotopic (exact) mass is 589 g/mol. The van der Waals surface area contributed by atoms with Gasteiger partial charge in [-0.2, -0.15) is 0 Å². The SMILES string of the molecule is C=C1C[C@@H](C)CN1c1cccc(Sc2nc(C)c(-c3cc4c(c(S(=C)(=C)NC)c3)C(=C)N(C(C)C3CC3)C4)s2)n1. The Kier molecular flexibility index (Phi) is 7.18. The van der Waals surface area contributed by atoms with E-state index in [-0.39, 0.29) is 0 Å². The summed E-state index contributed by atoms with van der Waals surface area (Å²) in [6.07, 6.45) is 3.67. The van der Waals surface area contributed by atoms with E-state index in [1.807, 2.05) is 7.05 Å². The van der Waals surface area contributed by atoms with E-state index in [2.05, 4.69) is 90.5 Å². The van der Waals surface area contributed by atoms with Gasteiger partial charge in [-0.05, 0) is 99.1 Å². The fourth-order valence-corrected chi connectivity index (χ4v) is 9.30. The van der Waals surface area contributed by atoms with E-state index in [0.717, 1.165) is 57.7 Å². The maximum absolute atomic E-state index is 4.97. The smallest absolute Gasteiger partial charge is 0.156 e. The van der Waals surface area contributed by atoms with Gasteiger partial charge in [-0.1, -0.05) is 37.9 Å². The third kappa shape index (κ3) is 5.04. The Morgan fingerprint density at radius 3 is 2.62 bits per heavy atom. The van der Waals surface area contributed by atoms with Crippen molar-refractivity contribution >= 4 is 55.7 Å². The number of pyridine rings is 1. The number of anilines is 1. The van der Waals surface area contributed by atoms with Gasteiger partial charge in [0.25, 0.3) is 0 Å². The van der Waals surface area contributed by atoms with Crippen molar-refractivity contribution in [3.8, 4) is 10.4 Å². The number of aromatic nitrogens is 2. The number of nitrogens with one attached hydrogen (secondary N) is 1. The number of hydrogen-bond acceptors (Lipinski definition) is 7. The molecule has 2 fully saturated rings. The molecular formula is C32H39N5S3. The van der Waals surface area contributed by atoms with E-state index in [4.69, 9.17) is 9.97 Å². The van der Waals surface area contributed by atoms with E-state index < -0.39 is 9.39 Å². The largest absolute Gasteiger partial charge is 0.364 e. The lowest BCUT2D eigenvalue weighted by molar-refractivity contribution is 0.290. The minimum Gasteiger partial charge on any atom is -0.364 e. The molecule has 1 N–H and O–H groups in total. The van der Waals surface area contributed by atoms with Crippen molar-refractivity contribution in [3.63, 3.8) is 0 Å². The molecule has 1 aromatic carbocycles. The van der Waals surface area contributed by atoms with E-state index in [9.17, 15) is 0 Å². The highest BCUT2D eigenvalue weighted by molar-refractivity contribution is 8.26. The molecule has 0 spiro atoms. The van der Waals surface area contributed by atoms with Crippen LogP contribution in [0.3, 0.4) is 0 Å². The maximum atomic E-state index is 4.97. The molecule has 1 saturated carbocycles. The Labute approximate surface area is 248 Å². The number of rotatable bonds is 8. The molecule has 2 aliphatic heterocycles. The lowest BCUT2D eigenvalue weighted by Crippen LogP contribution is -2.28. The number of nitrogens with zero attached hydrogens (tertiary/aromatic N) is 4. The summed E-state index contributed by atoms with van der Waals surface area (Å²) in [7, 11) is 0.264. The van der Waals surface area contributed by atoms with Crippen LogP contribution in [0.2, 0.25) is 0 Å². The molecule has 2 atom stereocenters. The van der Waals surface area contributed by atoms with E-state index in [0.29, 0.717) is 12.0 Å². The van der Waals surface area contributed by atoms with Crippen molar-refractivity contribution in [2.24, 2.45) is 11.8 Å². The van der Waals surface area contributed by atoms with E-state index in [1.165, 1.54) is 39.3 Å². The van der Waals surface area contributed by atoms with Gasteiger partial charge < -0.3 is 9.80 Å². The van der Waals surface area contributed by atoms with Crippen molar-refractivity contribution in [2.45, 2.75) is 66.9 Å². The molecule has 3 aliphatic rings. The molecule has 8 heteroatoms. The van der Waals surface area contributed by atoms with Crippen LogP contribution in [-0.4, -0.2) is 46.2 Å². The molecule has 3 aromatic rings. The zero-order chi connectivity index (χ0) is 28.3. The molecule has 0 amide bonds. The second-order valence-corrected chi connectivity index (χ2v) is 16.4. The molecule has 210 valence electrons. The van der Waals surface area contributed by atoms with Crippen LogP contribution >= 0.6 is 32.5 Å². The number of benzene rings is 1. The van der Waals surface area contributed by atoms with Gasteiger partial charge in [-0.25, -0.2) is 9.97 Å². The first-order valence-electron chi connectivity index (χ1n) is 13.9. The average Bonchev–Trinajstić information content (AvgIpc) is 3.53. The Hall–Kier alpha value is -2.52. The average molecular weight is 590 g/mol. The second-order valence-electron chi connectivity index (χ2n) is 11.6. The van der Waals surface area contributed by atoms with Crippen molar-refractivity contribution in [1.29, 1.82) is 0 Å². The molecule has 1 saturated heterocycles. The first-order valence-corrected chi connectivity index (χ1v) is 17.5. The third-order valence-corrected chi connectivity index (χ3v) is 12.6. The number of thiazole rings is 1. The third-order valence-electron chi connectivity index (χ3n) is 8.44. The van der Waals surface area contributed by atoms with Crippen molar-refractivity contribution < 1.29 is 0 Å². The lowest BCUT2D eigenvalue weighted by atomic mass is 10.0. The van der Waals surface area contributed by atoms with Crippen LogP contribution in [0.4, 0.5) is 5.82 Å². The van der Waals surface area contributed by atoms with Crippen LogP contribution in [-0.2, 0) is 6.54 Å². The van der Waals surface area contributed by atoms with Gasteiger partial charge in [-0.15, -0.1) is 20.7 Å². The molecule has 0 bridgehead atoms. The Morgan fingerprint density at radius 2 is 1.95 bits per heavy atom. The van der Waals surface area contributed by atoms with Crippen LogP contribution in [0.1, 0.15) is 49.9 Å². The second kappa shape index (κ2) is 10.4. The highest BCUT2D eigenvalue weighted by Crippen LogP contribution is 2.49. The van der Waals surface area contributed by atoms with E-state index >= 15 is 0 Å². The van der Waals surface area contributed by atoms with Gasteiger partial charge >= 0.3 is 0 Å². The zero-order valence-corrected chi connectivity index (χ0v) is 26.4. The van der Waals surface area contributed by atoms with Gasteiger partial charge in [-0.3, -0.25) is 4.72 Å². The Morgan fingerprint density at radius 1 is 1.18 bits per heavy atom. The zero-order valence-electron chi connectivity index (χ0n) is 24.0. The first kappa shape index (κ1) is 27.6. The summed E-state index contributed by atoms with van der Waals surface area (Å²) in [6, 6.07) is 11.4. The minimum atomic E-state index is -1.70. The summed E-state index contributed by atoms with van der Waals surface area (Å²) in [5, 5.41) is 0.954. The number of aryl methyl sites for hydroxylation is 1. The van der Waals surface area contributed by atoms with E-state index in [1.54, 1.807) is 23.1 Å². The van der Waals surface area contributed by atoms with Crippen LogP contribution in [0.25, 0.3) is 16.1 Å². The number of fused-ring (bicyclic) bond motifs is 1. The highest BCUT2D eigenvalue weighted by Gasteiger charge is 2.37. The molecule has 2 aromatic heterocycles. The summed E-state index contributed by atoms with van der Waals surface area (Å²) in [5.74, 6) is 11.4. The maximum Gasteiger partial charge on any atom is 0.156 e. The fraction of sp³-hybridized carbons (Fsp3) is 0.375. The summed E-state index contributed by atoms with van der Waals surface area (Å²) >= 11 is 3.37.